The molecule has 2 aromatic heterocycles. The van der Waals surface area contributed by atoms with E-state index in [0.717, 1.165) is 31.6 Å². The van der Waals surface area contributed by atoms with Crippen LogP contribution in [0.15, 0.2) is 47.3 Å². The molecule has 20 heavy (non-hydrogen) atoms. The Kier molecular flexibility index (Phi) is 4.14. The lowest BCUT2D eigenvalue weighted by Crippen LogP contribution is -2.22. The summed E-state index contributed by atoms with van der Waals surface area (Å²) in [7, 11) is 0. The summed E-state index contributed by atoms with van der Waals surface area (Å²) < 4.78 is 15.7. The standard InChI is InChI=1S/C16H17FN2S/c17-15-2-1-3-16-14(15)5-9-19(16)10-8-18-7-4-13-6-11-20-12-13/h1-3,5-6,9,11-12,18H,4,7-8,10H2. The third kappa shape index (κ3) is 2.92. The van der Waals surface area contributed by atoms with Gasteiger partial charge in [0.05, 0.1) is 5.52 Å². The molecule has 0 aliphatic carbocycles. The van der Waals surface area contributed by atoms with E-state index in [4.69, 9.17) is 0 Å². The van der Waals surface area contributed by atoms with Gasteiger partial charge in [-0.15, -0.1) is 0 Å². The van der Waals surface area contributed by atoms with Crippen LogP contribution in [0.1, 0.15) is 5.56 Å². The number of nitrogens with zero attached hydrogens (tertiary/aromatic N) is 1. The maximum Gasteiger partial charge on any atom is 0.132 e. The average Bonchev–Trinajstić information content (AvgIpc) is 3.09. The summed E-state index contributed by atoms with van der Waals surface area (Å²) in [5, 5.41) is 8.42. The topological polar surface area (TPSA) is 17.0 Å². The van der Waals surface area contributed by atoms with Gasteiger partial charge in [0, 0.05) is 24.7 Å². The highest BCUT2D eigenvalue weighted by atomic mass is 32.1. The molecule has 0 atom stereocenters. The van der Waals surface area contributed by atoms with Crippen LogP contribution in [0.3, 0.4) is 0 Å². The second-order valence-corrected chi connectivity index (χ2v) is 5.59. The normalized spacial score (nSPS) is 11.2. The van der Waals surface area contributed by atoms with Gasteiger partial charge >= 0.3 is 0 Å². The van der Waals surface area contributed by atoms with Gasteiger partial charge in [-0.2, -0.15) is 11.3 Å². The third-order valence-corrected chi connectivity index (χ3v) is 4.19. The smallest absolute Gasteiger partial charge is 0.132 e. The third-order valence-electron chi connectivity index (χ3n) is 3.46. The first-order valence-electron chi connectivity index (χ1n) is 6.80. The summed E-state index contributed by atoms with van der Waals surface area (Å²) in [5.41, 5.74) is 2.35. The Hall–Kier alpha value is -1.65. The van der Waals surface area contributed by atoms with Crippen molar-refractivity contribution in [3.8, 4) is 0 Å². The Morgan fingerprint density at radius 2 is 2.10 bits per heavy atom. The second-order valence-electron chi connectivity index (χ2n) is 4.81. The first kappa shape index (κ1) is 13.3. The van der Waals surface area contributed by atoms with Gasteiger partial charge in [0.25, 0.3) is 0 Å². The Labute approximate surface area is 121 Å². The van der Waals surface area contributed by atoms with E-state index in [9.17, 15) is 4.39 Å². The van der Waals surface area contributed by atoms with Crippen molar-refractivity contribution < 1.29 is 4.39 Å². The molecule has 0 spiro atoms. The van der Waals surface area contributed by atoms with Gasteiger partial charge in [-0.1, -0.05) is 6.07 Å². The van der Waals surface area contributed by atoms with Crippen LogP contribution in [0, 0.1) is 5.82 Å². The van der Waals surface area contributed by atoms with Crippen molar-refractivity contribution in [3.63, 3.8) is 0 Å². The predicted octanol–water partition coefficient (Wildman–Crippen LogP) is 3.67. The van der Waals surface area contributed by atoms with Crippen molar-refractivity contribution >= 4 is 22.2 Å². The Balaban J connectivity index is 1.51. The molecule has 0 unspecified atom stereocenters. The van der Waals surface area contributed by atoms with Crippen LogP contribution >= 0.6 is 11.3 Å². The van der Waals surface area contributed by atoms with E-state index in [2.05, 4.69) is 26.7 Å². The maximum atomic E-state index is 13.6. The van der Waals surface area contributed by atoms with E-state index >= 15 is 0 Å². The molecular formula is C16H17FN2S. The lowest BCUT2D eigenvalue weighted by atomic mass is 10.2. The minimum Gasteiger partial charge on any atom is -0.346 e. The number of hydrogen-bond donors (Lipinski definition) is 1. The Morgan fingerprint density at radius 1 is 1.15 bits per heavy atom. The van der Waals surface area contributed by atoms with Gasteiger partial charge < -0.3 is 9.88 Å². The average molecular weight is 288 g/mol. The highest BCUT2D eigenvalue weighted by molar-refractivity contribution is 7.07. The number of thiophene rings is 1. The zero-order valence-electron chi connectivity index (χ0n) is 11.2. The Bertz CT molecular complexity index is 673. The van der Waals surface area contributed by atoms with Crippen LogP contribution in [0.2, 0.25) is 0 Å². The van der Waals surface area contributed by atoms with Gasteiger partial charge in [0.2, 0.25) is 0 Å². The van der Waals surface area contributed by atoms with Crippen LogP contribution in [0.4, 0.5) is 4.39 Å². The number of hydrogen-bond acceptors (Lipinski definition) is 2. The molecule has 1 aromatic carbocycles. The van der Waals surface area contributed by atoms with Crippen LogP contribution in [0.5, 0.6) is 0 Å². The van der Waals surface area contributed by atoms with Crippen molar-refractivity contribution in [2.24, 2.45) is 0 Å². The van der Waals surface area contributed by atoms with Crippen LogP contribution in [-0.2, 0) is 13.0 Å². The highest BCUT2D eigenvalue weighted by Gasteiger charge is 2.04. The van der Waals surface area contributed by atoms with Crippen molar-refractivity contribution in [2.75, 3.05) is 13.1 Å². The SMILES string of the molecule is Fc1cccc2c1ccn2CCNCCc1ccsc1. The monoisotopic (exact) mass is 288 g/mol. The Morgan fingerprint density at radius 3 is 2.95 bits per heavy atom. The molecule has 0 saturated carbocycles. The number of aromatic nitrogens is 1. The zero-order valence-corrected chi connectivity index (χ0v) is 12.0. The number of nitrogens with one attached hydrogen (secondary N) is 1. The summed E-state index contributed by atoms with van der Waals surface area (Å²) in [6.45, 7) is 2.73. The number of rotatable bonds is 6. The van der Waals surface area contributed by atoms with E-state index in [0.29, 0.717) is 5.39 Å². The highest BCUT2D eigenvalue weighted by Crippen LogP contribution is 2.18. The van der Waals surface area contributed by atoms with E-state index in [-0.39, 0.29) is 5.82 Å². The van der Waals surface area contributed by atoms with E-state index in [1.54, 1.807) is 17.4 Å². The fraction of sp³-hybridized carbons (Fsp3) is 0.250. The van der Waals surface area contributed by atoms with Gasteiger partial charge in [-0.05, 0) is 53.6 Å². The van der Waals surface area contributed by atoms with Crippen LogP contribution in [-0.4, -0.2) is 17.7 Å². The molecule has 0 fully saturated rings. The molecule has 3 aromatic rings. The molecule has 2 nitrogen and oxygen atoms in total. The van der Waals surface area contributed by atoms with Crippen LogP contribution < -0.4 is 5.32 Å². The predicted molar refractivity (Wildman–Crippen MR) is 82.8 cm³/mol. The molecular weight excluding hydrogens is 271 g/mol. The maximum absolute atomic E-state index is 13.6. The second kappa shape index (κ2) is 6.20. The molecule has 2 heterocycles. The molecule has 0 aliphatic heterocycles. The van der Waals surface area contributed by atoms with Crippen molar-refractivity contribution in [2.45, 2.75) is 13.0 Å². The minimum atomic E-state index is -0.147. The van der Waals surface area contributed by atoms with Crippen molar-refractivity contribution in [3.05, 3.63) is 58.7 Å². The first-order valence-corrected chi connectivity index (χ1v) is 7.74. The summed E-state index contributed by atoms with van der Waals surface area (Å²) in [6.07, 6.45) is 3.01. The molecule has 0 bridgehead atoms. The molecule has 4 heteroatoms. The van der Waals surface area contributed by atoms with Crippen LogP contribution in [0.25, 0.3) is 10.9 Å². The fourth-order valence-electron chi connectivity index (χ4n) is 2.37. The molecule has 0 amide bonds. The van der Waals surface area contributed by atoms with Gasteiger partial charge in [-0.25, -0.2) is 4.39 Å². The summed E-state index contributed by atoms with van der Waals surface area (Å²) in [6, 6.07) is 9.23. The summed E-state index contributed by atoms with van der Waals surface area (Å²) >= 11 is 1.74. The van der Waals surface area contributed by atoms with Gasteiger partial charge in [-0.3, -0.25) is 0 Å². The lowest BCUT2D eigenvalue weighted by molar-refractivity contribution is 0.609. The zero-order chi connectivity index (χ0) is 13.8. The number of fused-ring (bicyclic) bond motifs is 1. The van der Waals surface area contributed by atoms with E-state index in [1.165, 1.54) is 11.6 Å². The van der Waals surface area contributed by atoms with E-state index < -0.39 is 0 Å². The molecule has 0 radical (unpaired) electrons. The molecule has 0 aliphatic rings. The quantitative estimate of drug-likeness (QED) is 0.685. The lowest BCUT2D eigenvalue weighted by Gasteiger charge is -2.07. The van der Waals surface area contributed by atoms with Crippen molar-refractivity contribution in [1.82, 2.24) is 9.88 Å². The van der Waals surface area contributed by atoms with Crippen molar-refractivity contribution in [1.29, 1.82) is 0 Å². The first-order chi connectivity index (χ1) is 9.84. The summed E-state index contributed by atoms with van der Waals surface area (Å²) in [4.78, 5) is 0. The largest absolute Gasteiger partial charge is 0.346 e. The van der Waals surface area contributed by atoms with Gasteiger partial charge in [0.1, 0.15) is 5.82 Å². The fourth-order valence-corrected chi connectivity index (χ4v) is 3.08. The summed E-state index contributed by atoms with van der Waals surface area (Å²) in [5.74, 6) is -0.147. The minimum absolute atomic E-state index is 0.147. The molecule has 0 saturated heterocycles. The number of benzene rings is 1. The number of halogens is 1. The molecule has 1 N–H and O–H groups in total. The molecule has 3 rings (SSSR count). The van der Waals surface area contributed by atoms with E-state index in [1.807, 2.05) is 18.3 Å². The molecule has 104 valence electrons. The van der Waals surface area contributed by atoms with Gasteiger partial charge in [0.15, 0.2) is 0 Å².